The number of nitrogens with zero attached hydrogens (tertiary/aromatic N) is 1. The Morgan fingerprint density at radius 2 is 1.94 bits per heavy atom. The topological polar surface area (TPSA) is 32.3 Å². The predicted octanol–water partition coefficient (Wildman–Crippen LogP) is 2.42. The predicted molar refractivity (Wildman–Crippen MR) is 76.8 cm³/mol. The number of amides is 1. The fourth-order valence-electron chi connectivity index (χ4n) is 2.28. The van der Waals surface area contributed by atoms with E-state index in [0.29, 0.717) is 0 Å². The molecular weight excluding hydrogens is 244 g/mol. The van der Waals surface area contributed by atoms with Crippen LogP contribution in [0.25, 0.3) is 0 Å². The van der Waals surface area contributed by atoms with Crippen molar-refractivity contribution in [3.8, 4) is 0 Å². The Morgan fingerprint density at radius 3 is 2.56 bits per heavy atom. The number of aryl methyl sites for hydroxylation is 1. The molecule has 98 valence electrons. The highest BCUT2D eigenvalue weighted by molar-refractivity contribution is 7.77. The van der Waals surface area contributed by atoms with Gasteiger partial charge in [0.2, 0.25) is 0 Å². The summed E-state index contributed by atoms with van der Waals surface area (Å²) < 4.78 is 2.00. The van der Waals surface area contributed by atoms with Crippen LogP contribution in [0.5, 0.6) is 0 Å². The van der Waals surface area contributed by atoms with Gasteiger partial charge in [-0.05, 0) is 38.3 Å². The van der Waals surface area contributed by atoms with E-state index in [2.05, 4.69) is 25.1 Å². The molecule has 1 aromatic carbocycles. The molecule has 4 heteroatoms. The summed E-state index contributed by atoms with van der Waals surface area (Å²) in [6.07, 6.45) is 1.88. The quantitative estimate of drug-likeness (QED) is 0.804. The molecule has 0 saturated carbocycles. The average molecular weight is 264 g/mol. The molecule has 1 N–H and O–H groups in total. The van der Waals surface area contributed by atoms with Crippen LogP contribution in [0.1, 0.15) is 35.7 Å². The van der Waals surface area contributed by atoms with E-state index in [1.165, 1.54) is 0 Å². The lowest BCUT2D eigenvalue weighted by molar-refractivity contribution is 0.0873. The fourth-order valence-corrected chi connectivity index (χ4v) is 2.48. The molecule has 1 aliphatic rings. The third-order valence-electron chi connectivity index (χ3n) is 3.65. The number of piperidine rings is 1. The van der Waals surface area contributed by atoms with E-state index in [0.717, 1.165) is 37.1 Å². The summed E-state index contributed by atoms with van der Waals surface area (Å²) in [4.78, 5) is 12.3. The second-order valence-corrected chi connectivity index (χ2v) is 5.85. The Balaban J connectivity index is 2.06. The molecular formula is C14H20N2OS. The summed E-state index contributed by atoms with van der Waals surface area (Å²) in [5, 5.41) is 3.17. The highest BCUT2D eigenvalue weighted by atomic mass is 32.1. The molecule has 1 heterocycles. The van der Waals surface area contributed by atoms with E-state index in [4.69, 9.17) is 0 Å². The van der Waals surface area contributed by atoms with Crippen molar-refractivity contribution in [3.63, 3.8) is 0 Å². The third kappa shape index (κ3) is 3.06. The van der Waals surface area contributed by atoms with Crippen LogP contribution in [-0.4, -0.2) is 28.8 Å². The highest BCUT2D eigenvalue weighted by Gasteiger charge is 2.31. The Labute approximate surface area is 114 Å². The number of hydrogen-bond acceptors (Lipinski definition) is 3. The molecule has 1 saturated heterocycles. The van der Waals surface area contributed by atoms with Crippen LogP contribution in [-0.2, 0) is 0 Å². The van der Waals surface area contributed by atoms with Crippen molar-refractivity contribution in [1.29, 1.82) is 0 Å². The molecule has 18 heavy (non-hydrogen) atoms. The van der Waals surface area contributed by atoms with Crippen LogP contribution in [0.3, 0.4) is 0 Å². The van der Waals surface area contributed by atoms with Gasteiger partial charge < -0.3 is 5.32 Å². The maximum Gasteiger partial charge on any atom is 0.251 e. The molecule has 2 rings (SSSR count). The smallest absolute Gasteiger partial charge is 0.251 e. The first-order chi connectivity index (χ1) is 8.50. The van der Waals surface area contributed by atoms with Crippen molar-refractivity contribution in [2.45, 2.75) is 32.2 Å². The van der Waals surface area contributed by atoms with Crippen LogP contribution in [0.4, 0.5) is 0 Å². The van der Waals surface area contributed by atoms with Gasteiger partial charge in [0.25, 0.3) is 5.91 Å². The van der Waals surface area contributed by atoms with Crippen LogP contribution in [0.15, 0.2) is 24.3 Å². The minimum Gasteiger partial charge on any atom is -0.347 e. The van der Waals surface area contributed by atoms with Gasteiger partial charge >= 0.3 is 0 Å². The van der Waals surface area contributed by atoms with Gasteiger partial charge in [-0.1, -0.05) is 31.0 Å². The molecule has 1 aliphatic heterocycles. The van der Waals surface area contributed by atoms with Crippen molar-refractivity contribution in [2.24, 2.45) is 0 Å². The van der Waals surface area contributed by atoms with Crippen molar-refractivity contribution in [1.82, 2.24) is 9.62 Å². The van der Waals surface area contributed by atoms with Gasteiger partial charge in [-0.15, -0.1) is 0 Å². The third-order valence-corrected chi connectivity index (χ3v) is 4.05. The summed E-state index contributed by atoms with van der Waals surface area (Å²) in [6.45, 7) is 5.90. The van der Waals surface area contributed by atoms with Gasteiger partial charge in [0.05, 0.1) is 0 Å². The van der Waals surface area contributed by atoms with Gasteiger partial charge in [0.1, 0.15) is 0 Å². The van der Waals surface area contributed by atoms with Crippen molar-refractivity contribution in [2.75, 3.05) is 13.1 Å². The van der Waals surface area contributed by atoms with Crippen molar-refractivity contribution < 1.29 is 4.79 Å². The average Bonchev–Trinajstić information content (AvgIpc) is 2.34. The van der Waals surface area contributed by atoms with E-state index in [1.54, 1.807) is 0 Å². The Kier molecular flexibility index (Phi) is 3.97. The zero-order chi connectivity index (χ0) is 13.2. The molecule has 0 radical (unpaired) electrons. The molecule has 0 unspecified atom stereocenters. The first-order valence-electron chi connectivity index (χ1n) is 6.32. The van der Waals surface area contributed by atoms with Gasteiger partial charge in [-0.25, -0.2) is 0 Å². The Morgan fingerprint density at radius 1 is 1.33 bits per heavy atom. The highest BCUT2D eigenvalue weighted by Crippen LogP contribution is 2.23. The van der Waals surface area contributed by atoms with E-state index in [-0.39, 0.29) is 11.4 Å². The van der Waals surface area contributed by atoms with E-state index in [1.807, 2.05) is 35.5 Å². The fraction of sp³-hybridized carbons (Fsp3) is 0.500. The monoisotopic (exact) mass is 264 g/mol. The normalized spacial score (nSPS) is 19.5. The molecule has 0 atom stereocenters. The molecule has 0 bridgehead atoms. The molecule has 1 amide bonds. The summed E-state index contributed by atoms with van der Waals surface area (Å²) in [7, 11) is 0. The van der Waals surface area contributed by atoms with Crippen LogP contribution in [0.2, 0.25) is 0 Å². The zero-order valence-corrected chi connectivity index (χ0v) is 11.8. The van der Waals surface area contributed by atoms with E-state index >= 15 is 0 Å². The van der Waals surface area contributed by atoms with E-state index < -0.39 is 0 Å². The van der Waals surface area contributed by atoms with Gasteiger partial charge in [-0.3, -0.25) is 9.10 Å². The lowest BCUT2D eigenvalue weighted by atomic mass is 9.90. The van der Waals surface area contributed by atoms with Crippen molar-refractivity contribution >= 4 is 18.7 Å². The maximum atomic E-state index is 12.3. The lowest BCUT2D eigenvalue weighted by Crippen LogP contribution is -2.51. The Hall–Kier alpha value is -1.00. The number of nitrogens with one attached hydrogen (secondary N) is 1. The SMILES string of the molecule is Cc1ccccc1C(=O)NC1(C)CCN(S)CC1. The number of hydrogen-bond donors (Lipinski definition) is 2. The van der Waals surface area contributed by atoms with E-state index in [9.17, 15) is 4.79 Å². The maximum absolute atomic E-state index is 12.3. The molecule has 1 aromatic rings. The Bertz CT molecular complexity index is 439. The second-order valence-electron chi connectivity index (χ2n) is 5.28. The van der Waals surface area contributed by atoms with Gasteiger partial charge in [0.15, 0.2) is 0 Å². The first-order valence-corrected chi connectivity index (χ1v) is 6.72. The summed E-state index contributed by atoms with van der Waals surface area (Å²) in [5.74, 6) is 0.0308. The number of thiol groups is 1. The largest absolute Gasteiger partial charge is 0.347 e. The minimum atomic E-state index is -0.113. The zero-order valence-electron chi connectivity index (χ0n) is 10.9. The number of carbonyl (C=O) groups is 1. The molecule has 0 aromatic heterocycles. The first kappa shape index (κ1) is 13.4. The summed E-state index contributed by atoms with van der Waals surface area (Å²) >= 11 is 4.34. The standard InChI is InChI=1S/C14H20N2OS/c1-11-5-3-4-6-12(11)13(17)15-14(2)7-9-16(18)10-8-14/h3-6,18H,7-10H2,1-2H3,(H,15,17). The molecule has 0 aliphatic carbocycles. The number of benzene rings is 1. The van der Waals surface area contributed by atoms with Crippen LogP contribution in [0, 0.1) is 6.92 Å². The van der Waals surface area contributed by atoms with Gasteiger partial charge in [-0.2, -0.15) is 0 Å². The summed E-state index contributed by atoms with van der Waals surface area (Å²) in [5.41, 5.74) is 1.68. The lowest BCUT2D eigenvalue weighted by Gasteiger charge is -2.38. The summed E-state index contributed by atoms with van der Waals surface area (Å²) in [6, 6.07) is 7.70. The van der Waals surface area contributed by atoms with Crippen LogP contribution >= 0.6 is 12.8 Å². The second kappa shape index (κ2) is 5.33. The van der Waals surface area contributed by atoms with Crippen molar-refractivity contribution in [3.05, 3.63) is 35.4 Å². The van der Waals surface area contributed by atoms with Crippen LogP contribution < -0.4 is 5.32 Å². The number of carbonyl (C=O) groups excluding carboxylic acids is 1. The molecule has 0 spiro atoms. The molecule has 3 nitrogen and oxygen atoms in total. The minimum absolute atomic E-state index is 0.0308. The number of rotatable bonds is 2. The van der Waals surface area contributed by atoms with Gasteiger partial charge in [0, 0.05) is 24.2 Å². The molecule has 1 fully saturated rings.